The first-order valence-electron chi connectivity index (χ1n) is 5.79. The van der Waals surface area contributed by atoms with Crippen LogP contribution in [0.25, 0.3) is 0 Å². The van der Waals surface area contributed by atoms with Crippen molar-refractivity contribution < 1.29 is 29.3 Å². The average molecular weight is 261 g/mol. The van der Waals surface area contributed by atoms with Crippen LogP contribution in [0.5, 0.6) is 0 Å². The van der Waals surface area contributed by atoms with Crippen molar-refractivity contribution in [3.8, 4) is 0 Å². The highest BCUT2D eigenvalue weighted by Gasteiger charge is 2.20. The fraction of sp³-hybridized carbons (Fsp3) is 0.727. The van der Waals surface area contributed by atoms with E-state index in [0.29, 0.717) is 6.61 Å². The summed E-state index contributed by atoms with van der Waals surface area (Å²) in [5.41, 5.74) is 0. The fourth-order valence-electron chi connectivity index (χ4n) is 1.20. The first kappa shape index (κ1) is 16.4. The van der Waals surface area contributed by atoms with Crippen molar-refractivity contribution in [3.63, 3.8) is 0 Å². The van der Waals surface area contributed by atoms with Crippen LogP contribution in [0.4, 0.5) is 0 Å². The minimum Gasteiger partial charge on any atom is -0.481 e. The molecule has 0 saturated heterocycles. The summed E-state index contributed by atoms with van der Waals surface area (Å²) < 4.78 is 5.09. The third-order valence-electron chi connectivity index (χ3n) is 2.10. The Morgan fingerprint density at radius 1 is 1.17 bits per heavy atom. The molecule has 0 aliphatic rings. The highest BCUT2D eigenvalue weighted by molar-refractivity contribution is 5.83. The molecule has 18 heavy (non-hydrogen) atoms. The zero-order chi connectivity index (χ0) is 14.0. The lowest BCUT2D eigenvalue weighted by Gasteiger charge is -2.13. The number of rotatable bonds is 10. The average Bonchev–Trinajstić information content (AvgIpc) is 2.29. The number of ether oxygens (including phenoxy) is 1. The molecule has 0 saturated carbocycles. The van der Waals surface area contributed by atoms with Gasteiger partial charge in [-0.3, -0.25) is 9.59 Å². The molecular weight excluding hydrogens is 242 g/mol. The van der Waals surface area contributed by atoms with E-state index in [1.54, 1.807) is 0 Å². The van der Waals surface area contributed by atoms with E-state index >= 15 is 0 Å². The maximum Gasteiger partial charge on any atom is 0.326 e. The lowest BCUT2D eigenvalue weighted by molar-refractivity contribution is -0.143. The van der Waals surface area contributed by atoms with Crippen LogP contribution in [0.1, 0.15) is 32.6 Å². The van der Waals surface area contributed by atoms with Crippen molar-refractivity contribution in [2.75, 3.05) is 13.2 Å². The van der Waals surface area contributed by atoms with E-state index in [9.17, 15) is 14.4 Å². The van der Waals surface area contributed by atoms with Gasteiger partial charge in [-0.2, -0.15) is 0 Å². The third-order valence-corrected chi connectivity index (χ3v) is 2.10. The molecule has 7 heteroatoms. The highest BCUT2D eigenvalue weighted by Crippen LogP contribution is 1.99. The smallest absolute Gasteiger partial charge is 0.326 e. The molecule has 0 aromatic carbocycles. The number of hydrogen-bond acceptors (Lipinski definition) is 4. The van der Waals surface area contributed by atoms with Gasteiger partial charge in [0.1, 0.15) is 6.04 Å². The Morgan fingerprint density at radius 3 is 2.33 bits per heavy atom. The SMILES string of the molecule is CCCOCCC(=O)NC(CCC(=O)O)C(=O)O. The second kappa shape index (κ2) is 9.41. The number of amides is 1. The standard InChI is InChI=1S/C11H19NO6/c1-2-6-18-7-5-9(13)12-8(11(16)17)3-4-10(14)15/h8H,2-7H2,1H3,(H,12,13)(H,14,15)(H,16,17). The van der Waals surface area contributed by atoms with Crippen LogP contribution >= 0.6 is 0 Å². The van der Waals surface area contributed by atoms with E-state index in [2.05, 4.69) is 5.32 Å². The molecule has 0 aliphatic heterocycles. The molecule has 0 aliphatic carbocycles. The number of carboxylic acids is 2. The first-order valence-corrected chi connectivity index (χ1v) is 5.79. The molecular formula is C11H19NO6. The largest absolute Gasteiger partial charge is 0.481 e. The second-order valence-corrected chi connectivity index (χ2v) is 3.75. The normalized spacial score (nSPS) is 11.8. The molecule has 1 atom stereocenters. The Bertz CT molecular complexity index is 291. The van der Waals surface area contributed by atoms with Gasteiger partial charge in [0, 0.05) is 19.4 Å². The van der Waals surface area contributed by atoms with Gasteiger partial charge in [0.05, 0.1) is 6.61 Å². The Balaban J connectivity index is 3.96. The quantitative estimate of drug-likeness (QED) is 0.485. The zero-order valence-electron chi connectivity index (χ0n) is 10.3. The molecule has 0 fully saturated rings. The van der Waals surface area contributed by atoms with Crippen LogP contribution in [0.2, 0.25) is 0 Å². The summed E-state index contributed by atoms with van der Waals surface area (Å²) in [6.07, 6.45) is 0.477. The number of hydrogen-bond donors (Lipinski definition) is 3. The summed E-state index contributed by atoms with van der Waals surface area (Å²) in [6, 6.07) is -1.17. The van der Waals surface area contributed by atoms with Gasteiger partial charge >= 0.3 is 11.9 Å². The van der Waals surface area contributed by atoms with Gasteiger partial charge in [0.25, 0.3) is 0 Å². The van der Waals surface area contributed by atoms with E-state index in [1.807, 2.05) is 6.92 Å². The number of carbonyl (C=O) groups excluding carboxylic acids is 1. The Morgan fingerprint density at radius 2 is 1.83 bits per heavy atom. The van der Waals surface area contributed by atoms with Crippen molar-refractivity contribution in [2.45, 2.75) is 38.6 Å². The molecule has 0 spiro atoms. The van der Waals surface area contributed by atoms with Crippen molar-refractivity contribution >= 4 is 17.8 Å². The van der Waals surface area contributed by atoms with Gasteiger partial charge < -0.3 is 20.3 Å². The van der Waals surface area contributed by atoms with E-state index in [4.69, 9.17) is 14.9 Å². The van der Waals surface area contributed by atoms with Crippen LogP contribution in [0, 0.1) is 0 Å². The van der Waals surface area contributed by atoms with Crippen LogP contribution in [-0.2, 0) is 19.1 Å². The van der Waals surface area contributed by atoms with Crippen LogP contribution < -0.4 is 5.32 Å². The van der Waals surface area contributed by atoms with Crippen molar-refractivity contribution in [1.29, 1.82) is 0 Å². The lowest BCUT2D eigenvalue weighted by atomic mass is 10.1. The molecule has 1 unspecified atom stereocenters. The number of nitrogens with one attached hydrogen (secondary N) is 1. The van der Waals surface area contributed by atoms with Crippen molar-refractivity contribution in [2.24, 2.45) is 0 Å². The third kappa shape index (κ3) is 8.51. The predicted molar refractivity (Wildman–Crippen MR) is 62.2 cm³/mol. The monoisotopic (exact) mass is 261 g/mol. The molecule has 3 N–H and O–H groups in total. The van der Waals surface area contributed by atoms with Gasteiger partial charge in [-0.15, -0.1) is 0 Å². The highest BCUT2D eigenvalue weighted by atomic mass is 16.5. The number of carboxylic acid groups (broad SMARTS) is 2. The summed E-state index contributed by atoms with van der Waals surface area (Å²) in [5.74, 6) is -2.79. The Hall–Kier alpha value is -1.63. The zero-order valence-corrected chi connectivity index (χ0v) is 10.3. The summed E-state index contributed by atoms with van der Waals surface area (Å²) in [7, 11) is 0. The minimum absolute atomic E-state index is 0.0663. The topological polar surface area (TPSA) is 113 Å². The van der Waals surface area contributed by atoms with Gasteiger partial charge in [0.2, 0.25) is 5.91 Å². The number of aliphatic carboxylic acids is 2. The van der Waals surface area contributed by atoms with Crippen LogP contribution in [0.15, 0.2) is 0 Å². The van der Waals surface area contributed by atoms with E-state index in [0.717, 1.165) is 6.42 Å². The summed E-state index contributed by atoms with van der Waals surface area (Å²) in [5, 5.41) is 19.5. The molecule has 0 rings (SSSR count). The summed E-state index contributed by atoms with van der Waals surface area (Å²) in [4.78, 5) is 32.5. The van der Waals surface area contributed by atoms with Crippen LogP contribution in [-0.4, -0.2) is 47.3 Å². The van der Waals surface area contributed by atoms with Crippen molar-refractivity contribution in [1.82, 2.24) is 5.32 Å². The molecule has 0 bridgehead atoms. The maximum absolute atomic E-state index is 11.4. The predicted octanol–water partition coefficient (Wildman–Crippen LogP) is 0.237. The summed E-state index contributed by atoms with van der Waals surface area (Å²) >= 11 is 0. The van der Waals surface area contributed by atoms with Gasteiger partial charge in [-0.25, -0.2) is 4.79 Å². The van der Waals surface area contributed by atoms with Gasteiger partial charge in [0.15, 0.2) is 0 Å². The van der Waals surface area contributed by atoms with E-state index in [1.165, 1.54) is 0 Å². The second-order valence-electron chi connectivity index (χ2n) is 3.75. The Labute approximate surface area is 105 Å². The molecule has 1 amide bonds. The fourth-order valence-corrected chi connectivity index (χ4v) is 1.20. The minimum atomic E-state index is -1.24. The van der Waals surface area contributed by atoms with E-state index in [-0.39, 0.29) is 25.9 Å². The molecule has 7 nitrogen and oxygen atoms in total. The molecule has 104 valence electrons. The molecule has 0 radical (unpaired) electrons. The lowest BCUT2D eigenvalue weighted by Crippen LogP contribution is -2.41. The molecule has 0 aromatic heterocycles. The molecule has 0 heterocycles. The first-order chi connectivity index (χ1) is 8.47. The van der Waals surface area contributed by atoms with E-state index < -0.39 is 23.9 Å². The van der Waals surface area contributed by atoms with Crippen LogP contribution in [0.3, 0.4) is 0 Å². The van der Waals surface area contributed by atoms with Gasteiger partial charge in [-0.05, 0) is 12.8 Å². The number of carbonyl (C=O) groups is 3. The maximum atomic E-state index is 11.4. The summed E-state index contributed by atoms with van der Waals surface area (Å²) in [6.45, 7) is 2.71. The van der Waals surface area contributed by atoms with Gasteiger partial charge in [-0.1, -0.05) is 6.92 Å². The Kier molecular flexibility index (Phi) is 8.55. The van der Waals surface area contributed by atoms with Crippen molar-refractivity contribution in [3.05, 3.63) is 0 Å². The molecule has 0 aromatic rings.